The number of hydrogen-bond donors (Lipinski definition) is 1. The summed E-state index contributed by atoms with van der Waals surface area (Å²) in [5.74, 6) is 0.0869. The van der Waals surface area contributed by atoms with Crippen molar-refractivity contribution in [2.24, 2.45) is 0 Å². The Bertz CT molecular complexity index is 1250. The van der Waals surface area contributed by atoms with E-state index in [9.17, 15) is 27.9 Å². The summed E-state index contributed by atoms with van der Waals surface area (Å²) >= 11 is 0. The number of carbonyl (C=O) groups excluding carboxylic acids is 1. The standard InChI is InChI=1S/C25H26F3NO4/c1-16(30)17-9-10-22(33-4)19(13-17)23(2,3)14-24(32,25(26,27)28)15-29-12-11-21(31)18-7-5-6-8-20(18)29/h5-13,32H,14-15H2,1-4H3. The third-order valence-electron chi connectivity index (χ3n) is 5.91. The van der Waals surface area contributed by atoms with E-state index in [1.807, 2.05) is 0 Å². The van der Waals surface area contributed by atoms with Crippen molar-refractivity contribution in [2.75, 3.05) is 7.11 Å². The predicted octanol–water partition coefficient (Wildman–Crippen LogP) is 4.87. The van der Waals surface area contributed by atoms with Gasteiger partial charge >= 0.3 is 6.18 Å². The lowest BCUT2D eigenvalue weighted by molar-refractivity contribution is -0.271. The van der Waals surface area contributed by atoms with Gasteiger partial charge in [-0.1, -0.05) is 26.0 Å². The first-order chi connectivity index (χ1) is 15.3. The van der Waals surface area contributed by atoms with Crippen molar-refractivity contribution in [3.8, 4) is 5.75 Å². The highest BCUT2D eigenvalue weighted by Crippen LogP contribution is 2.44. The van der Waals surface area contributed by atoms with Crippen LogP contribution in [0, 0.1) is 0 Å². The molecule has 0 aliphatic carbocycles. The van der Waals surface area contributed by atoms with E-state index < -0.39 is 30.2 Å². The number of benzene rings is 2. The number of halogens is 3. The molecule has 3 aromatic rings. The van der Waals surface area contributed by atoms with Crippen LogP contribution in [0.2, 0.25) is 0 Å². The molecular weight excluding hydrogens is 435 g/mol. The largest absolute Gasteiger partial charge is 0.496 e. The zero-order chi connectivity index (χ0) is 24.6. The molecule has 0 bridgehead atoms. The summed E-state index contributed by atoms with van der Waals surface area (Å²) in [7, 11) is 1.39. The van der Waals surface area contributed by atoms with Crippen LogP contribution >= 0.6 is 0 Å². The van der Waals surface area contributed by atoms with E-state index in [0.29, 0.717) is 22.4 Å². The average molecular weight is 461 g/mol. The molecule has 1 atom stereocenters. The number of fused-ring (bicyclic) bond motifs is 1. The number of rotatable bonds is 7. The first-order valence-corrected chi connectivity index (χ1v) is 10.4. The maximum Gasteiger partial charge on any atom is 0.418 e. The van der Waals surface area contributed by atoms with Gasteiger partial charge in [0.05, 0.1) is 19.2 Å². The Labute approximate surface area is 189 Å². The number of Topliss-reactive ketones (excluding diaryl/α,β-unsaturated/α-hetero) is 1. The van der Waals surface area contributed by atoms with Crippen molar-refractivity contribution in [1.29, 1.82) is 0 Å². The van der Waals surface area contributed by atoms with Crippen molar-refractivity contribution in [2.45, 2.75) is 50.9 Å². The second kappa shape index (κ2) is 8.67. The number of methoxy groups -OCH3 is 1. The number of carbonyl (C=O) groups is 1. The summed E-state index contributed by atoms with van der Waals surface area (Å²) in [5.41, 5.74) is -3.67. The van der Waals surface area contributed by atoms with Gasteiger partial charge in [0.2, 0.25) is 0 Å². The van der Waals surface area contributed by atoms with Crippen molar-refractivity contribution < 1.29 is 27.8 Å². The first-order valence-electron chi connectivity index (χ1n) is 10.4. The lowest BCUT2D eigenvalue weighted by Gasteiger charge is -2.39. The Balaban J connectivity index is 2.10. The number of nitrogens with zero attached hydrogens (tertiary/aromatic N) is 1. The molecule has 1 N–H and O–H groups in total. The van der Waals surface area contributed by atoms with E-state index in [-0.39, 0.29) is 16.6 Å². The molecule has 0 fully saturated rings. The van der Waals surface area contributed by atoms with Crippen molar-refractivity contribution in [3.63, 3.8) is 0 Å². The van der Waals surface area contributed by atoms with Crippen LogP contribution in [0.5, 0.6) is 5.75 Å². The Kier molecular flexibility index (Phi) is 6.44. The van der Waals surface area contributed by atoms with Gasteiger partial charge < -0.3 is 14.4 Å². The van der Waals surface area contributed by atoms with Gasteiger partial charge in [0.1, 0.15) is 5.75 Å². The molecule has 0 spiro atoms. The zero-order valence-corrected chi connectivity index (χ0v) is 18.9. The fourth-order valence-electron chi connectivity index (χ4n) is 4.21. The summed E-state index contributed by atoms with van der Waals surface area (Å²) in [6.07, 6.45) is -4.42. The summed E-state index contributed by atoms with van der Waals surface area (Å²) in [6.45, 7) is 3.69. The SMILES string of the molecule is COc1ccc(C(C)=O)cc1C(C)(C)CC(O)(Cn1ccc(=O)c2ccccc21)C(F)(F)F. The summed E-state index contributed by atoms with van der Waals surface area (Å²) in [6, 6.07) is 12.1. The summed E-state index contributed by atoms with van der Waals surface area (Å²) in [5, 5.41) is 11.3. The van der Waals surface area contributed by atoms with Gasteiger partial charge in [0, 0.05) is 28.8 Å². The van der Waals surface area contributed by atoms with Gasteiger partial charge in [0.25, 0.3) is 0 Å². The minimum atomic E-state index is -4.97. The van der Waals surface area contributed by atoms with Crippen LogP contribution in [-0.2, 0) is 12.0 Å². The van der Waals surface area contributed by atoms with E-state index in [0.717, 1.165) is 0 Å². The highest BCUT2D eigenvalue weighted by atomic mass is 19.4. The maximum absolute atomic E-state index is 14.3. The molecule has 2 aromatic carbocycles. The lowest BCUT2D eigenvalue weighted by atomic mass is 9.74. The van der Waals surface area contributed by atoms with Crippen molar-refractivity contribution in [3.05, 3.63) is 76.1 Å². The topological polar surface area (TPSA) is 68.5 Å². The normalized spacial score (nSPS) is 14.2. The highest BCUT2D eigenvalue weighted by molar-refractivity contribution is 5.94. The van der Waals surface area contributed by atoms with E-state index in [1.165, 1.54) is 55.1 Å². The molecule has 0 saturated heterocycles. The van der Waals surface area contributed by atoms with Crippen molar-refractivity contribution in [1.82, 2.24) is 4.57 Å². The third kappa shape index (κ3) is 4.80. The van der Waals surface area contributed by atoms with Crippen LogP contribution in [0.4, 0.5) is 13.2 Å². The number of pyridine rings is 1. The molecule has 0 aliphatic rings. The smallest absolute Gasteiger partial charge is 0.418 e. The van der Waals surface area contributed by atoms with Gasteiger partial charge in [-0.3, -0.25) is 9.59 Å². The molecule has 0 saturated carbocycles. The van der Waals surface area contributed by atoms with Crippen LogP contribution < -0.4 is 10.2 Å². The molecule has 1 aromatic heterocycles. The maximum atomic E-state index is 14.3. The molecule has 0 radical (unpaired) electrons. The van der Waals surface area contributed by atoms with Crippen LogP contribution in [0.25, 0.3) is 10.9 Å². The molecule has 0 aliphatic heterocycles. The monoisotopic (exact) mass is 461 g/mol. The Morgan fingerprint density at radius 1 is 1.09 bits per heavy atom. The number of aliphatic hydroxyl groups is 1. The molecule has 176 valence electrons. The van der Waals surface area contributed by atoms with Gasteiger partial charge in [-0.2, -0.15) is 13.2 Å². The molecule has 3 rings (SSSR count). The molecule has 1 heterocycles. The van der Waals surface area contributed by atoms with Gasteiger partial charge in [0.15, 0.2) is 16.8 Å². The van der Waals surface area contributed by atoms with Crippen molar-refractivity contribution >= 4 is 16.7 Å². The molecule has 8 heteroatoms. The summed E-state index contributed by atoms with van der Waals surface area (Å²) in [4.78, 5) is 24.0. The summed E-state index contributed by atoms with van der Waals surface area (Å²) < 4.78 is 49.5. The minimum Gasteiger partial charge on any atom is -0.496 e. The number of aromatic nitrogens is 1. The number of para-hydroxylation sites is 1. The zero-order valence-electron chi connectivity index (χ0n) is 18.9. The van der Waals surface area contributed by atoms with E-state index >= 15 is 0 Å². The highest BCUT2D eigenvalue weighted by Gasteiger charge is 2.56. The Morgan fingerprint density at radius 2 is 1.76 bits per heavy atom. The number of ketones is 1. The number of alkyl halides is 3. The van der Waals surface area contributed by atoms with Gasteiger partial charge in [-0.25, -0.2) is 0 Å². The molecule has 33 heavy (non-hydrogen) atoms. The molecule has 1 unspecified atom stereocenters. The first kappa shape index (κ1) is 24.5. The van der Waals surface area contributed by atoms with Crippen LogP contribution in [0.3, 0.4) is 0 Å². The van der Waals surface area contributed by atoms with Crippen LogP contribution in [-0.4, -0.2) is 34.3 Å². The molecule has 0 amide bonds. The predicted molar refractivity (Wildman–Crippen MR) is 120 cm³/mol. The van der Waals surface area contributed by atoms with E-state index in [4.69, 9.17) is 4.74 Å². The number of ether oxygens (including phenoxy) is 1. The quantitative estimate of drug-likeness (QED) is 0.510. The van der Waals surface area contributed by atoms with Crippen LogP contribution in [0.1, 0.15) is 43.1 Å². The van der Waals surface area contributed by atoms with E-state index in [2.05, 4.69) is 0 Å². The molecule has 5 nitrogen and oxygen atoms in total. The van der Waals surface area contributed by atoms with Gasteiger partial charge in [-0.05, 0) is 49.1 Å². The second-order valence-electron chi connectivity index (χ2n) is 8.89. The lowest BCUT2D eigenvalue weighted by Crippen LogP contribution is -2.52. The fraction of sp³-hybridized carbons (Fsp3) is 0.360. The Hall–Kier alpha value is -3.13. The van der Waals surface area contributed by atoms with E-state index in [1.54, 1.807) is 32.0 Å². The van der Waals surface area contributed by atoms with Gasteiger partial charge in [-0.15, -0.1) is 0 Å². The second-order valence-corrected chi connectivity index (χ2v) is 8.89. The number of hydrogen-bond acceptors (Lipinski definition) is 4. The average Bonchev–Trinajstić information content (AvgIpc) is 2.74. The third-order valence-corrected chi connectivity index (χ3v) is 5.91. The van der Waals surface area contributed by atoms with Crippen LogP contribution in [0.15, 0.2) is 59.5 Å². The Morgan fingerprint density at radius 3 is 2.36 bits per heavy atom. The fourth-order valence-corrected chi connectivity index (χ4v) is 4.21. The molecular formula is C25H26F3NO4. The minimum absolute atomic E-state index is 0.236.